The van der Waals surface area contributed by atoms with E-state index in [1.807, 2.05) is 0 Å². The van der Waals surface area contributed by atoms with Crippen LogP contribution in [0.4, 0.5) is 17.6 Å². The highest BCUT2D eigenvalue weighted by Gasteiger charge is 2.49. The van der Waals surface area contributed by atoms with Crippen molar-refractivity contribution in [1.82, 2.24) is 0 Å². The van der Waals surface area contributed by atoms with Crippen LogP contribution in [0, 0.1) is 6.92 Å². The standard InChI is InChI=1S/C16H12F4O6S/c1-8-9(6-7-17)10-4-2-3-5-11(10)14(12(8)13(21)15(22)23)26-27(24,25)16(18,19)20/h2-5H,6-7H2,1H3,(H,22,23)/p-1. The van der Waals surface area contributed by atoms with Gasteiger partial charge in [0, 0.05) is 11.8 Å². The van der Waals surface area contributed by atoms with Crippen molar-refractivity contribution in [3.8, 4) is 5.75 Å². The van der Waals surface area contributed by atoms with E-state index in [1.54, 1.807) is 0 Å². The summed E-state index contributed by atoms with van der Waals surface area (Å²) in [6.07, 6.45) is -0.286. The number of Topliss-reactive ketones (excluding diaryl/α,β-unsaturated/α-hetero) is 1. The summed E-state index contributed by atoms with van der Waals surface area (Å²) in [6, 6.07) is 5.24. The number of carboxylic acid groups (broad SMARTS) is 1. The van der Waals surface area contributed by atoms with Crippen LogP contribution in [0.15, 0.2) is 24.3 Å². The number of aryl methyl sites for hydroxylation is 1. The van der Waals surface area contributed by atoms with E-state index >= 15 is 0 Å². The van der Waals surface area contributed by atoms with Crippen molar-refractivity contribution in [3.63, 3.8) is 0 Å². The Labute approximate surface area is 150 Å². The van der Waals surface area contributed by atoms with E-state index in [0.717, 1.165) is 13.0 Å². The summed E-state index contributed by atoms with van der Waals surface area (Å²) in [5, 5.41) is 10.8. The highest BCUT2D eigenvalue weighted by Crippen LogP contribution is 2.39. The normalized spacial score (nSPS) is 12.2. The van der Waals surface area contributed by atoms with Crippen LogP contribution in [0.3, 0.4) is 0 Å². The second kappa shape index (κ2) is 7.14. The minimum absolute atomic E-state index is 0.120. The van der Waals surface area contributed by atoms with Gasteiger partial charge in [0.05, 0.1) is 12.2 Å². The molecule has 0 saturated carbocycles. The van der Waals surface area contributed by atoms with Crippen molar-refractivity contribution in [2.45, 2.75) is 18.9 Å². The van der Waals surface area contributed by atoms with Crippen LogP contribution in [0.5, 0.6) is 5.75 Å². The average molecular weight is 407 g/mol. The number of alkyl halides is 4. The van der Waals surface area contributed by atoms with Gasteiger partial charge in [0.15, 0.2) is 5.75 Å². The number of benzene rings is 2. The first kappa shape index (κ1) is 20.6. The number of rotatable bonds is 6. The Morgan fingerprint density at radius 2 is 1.70 bits per heavy atom. The first-order valence-electron chi connectivity index (χ1n) is 7.29. The monoisotopic (exact) mass is 407 g/mol. The number of fused-ring (bicyclic) bond motifs is 1. The van der Waals surface area contributed by atoms with Crippen LogP contribution in [-0.4, -0.2) is 32.4 Å². The van der Waals surface area contributed by atoms with Gasteiger partial charge >= 0.3 is 15.6 Å². The lowest BCUT2D eigenvalue weighted by atomic mass is 9.90. The number of ketones is 1. The summed E-state index contributed by atoms with van der Waals surface area (Å²) in [6.45, 7) is 0.242. The summed E-state index contributed by atoms with van der Waals surface area (Å²) in [4.78, 5) is 23.0. The third kappa shape index (κ3) is 3.72. The second-order valence-corrected chi connectivity index (χ2v) is 6.93. The van der Waals surface area contributed by atoms with Gasteiger partial charge in [-0.05, 0) is 23.4 Å². The molecule has 27 heavy (non-hydrogen) atoms. The molecule has 0 aliphatic heterocycles. The Balaban J connectivity index is 2.96. The van der Waals surface area contributed by atoms with Crippen molar-refractivity contribution in [2.24, 2.45) is 0 Å². The molecule has 0 aliphatic rings. The fraction of sp³-hybridized carbons (Fsp3) is 0.250. The maximum absolute atomic E-state index is 12.9. The average Bonchev–Trinajstić information content (AvgIpc) is 2.56. The van der Waals surface area contributed by atoms with E-state index in [2.05, 4.69) is 4.18 Å². The topological polar surface area (TPSA) is 101 Å². The van der Waals surface area contributed by atoms with E-state index in [0.29, 0.717) is 0 Å². The maximum Gasteiger partial charge on any atom is 0.534 e. The molecule has 0 heterocycles. The van der Waals surface area contributed by atoms with E-state index < -0.39 is 45.4 Å². The van der Waals surface area contributed by atoms with E-state index in [-0.39, 0.29) is 28.3 Å². The van der Waals surface area contributed by atoms with Crippen molar-refractivity contribution < 1.29 is 44.9 Å². The number of carbonyl (C=O) groups is 2. The Morgan fingerprint density at radius 1 is 1.15 bits per heavy atom. The van der Waals surface area contributed by atoms with Crippen molar-refractivity contribution in [3.05, 3.63) is 41.0 Å². The molecule has 0 unspecified atom stereocenters. The molecule has 0 bridgehead atoms. The van der Waals surface area contributed by atoms with Gasteiger partial charge in [-0.25, -0.2) is 0 Å². The molecular weight excluding hydrogens is 396 g/mol. The summed E-state index contributed by atoms with van der Waals surface area (Å²) < 4.78 is 78.2. The molecule has 0 amide bonds. The lowest BCUT2D eigenvalue weighted by Crippen LogP contribution is -2.34. The largest absolute Gasteiger partial charge is 0.541 e. The molecule has 0 saturated heterocycles. The molecular formula is C16H11F4O6S-. The van der Waals surface area contributed by atoms with Gasteiger partial charge < -0.3 is 14.1 Å². The predicted octanol–water partition coefficient (Wildman–Crippen LogP) is 1.82. The minimum atomic E-state index is -6.21. The Kier molecular flexibility index (Phi) is 5.45. The molecule has 0 fully saturated rings. The molecule has 146 valence electrons. The molecule has 2 aromatic carbocycles. The van der Waals surface area contributed by atoms with Crippen LogP contribution < -0.4 is 9.29 Å². The van der Waals surface area contributed by atoms with Gasteiger partial charge in [0.1, 0.15) is 5.97 Å². The quantitative estimate of drug-likeness (QED) is 0.238. The van der Waals surface area contributed by atoms with Crippen LogP contribution in [0.1, 0.15) is 21.5 Å². The molecule has 0 spiro atoms. The SMILES string of the molecule is Cc1c(C(=O)C(=O)[O-])c(OS(=O)(=O)C(F)(F)F)c2ccccc2c1CCF. The van der Waals surface area contributed by atoms with Gasteiger partial charge in [0.2, 0.25) is 5.78 Å². The Hall–Kier alpha value is -2.69. The third-order valence-corrected chi connectivity index (χ3v) is 4.74. The van der Waals surface area contributed by atoms with Gasteiger partial charge in [-0.15, -0.1) is 0 Å². The summed E-state index contributed by atoms with van der Waals surface area (Å²) >= 11 is 0. The molecule has 2 aromatic rings. The zero-order valence-electron chi connectivity index (χ0n) is 13.6. The van der Waals surface area contributed by atoms with Crippen molar-refractivity contribution in [1.29, 1.82) is 0 Å². The highest BCUT2D eigenvalue weighted by atomic mass is 32.2. The maximum atomic E-state index is 12.9. The number of halogens is 4. The first-order chi connectivity index (χ1) is 12.4. The van der Waals surface area contributed by atoms with Crippen LogP contribution in [0.2, 0.25) is 0 Å². The smallest absolute Gasteiger partial charge is 0.534 e. The number of carbonyl (C=O) groups excluding carboxylic acids is 2. The summed E-state index contributed by atoms with van der Waals surface area (Å²) in [7, 11) is -6.21. The molecule has 0 atom stereocenters. The molecule has 0 N–H and O–H groups in total. The van der Waals surface area contributed by atoms with Crippen LogP contribution in [-0.2, 0) is 21.3 Å². The highest BCUT2D eigenvalue weighted by molar-refractivity contribution is 7.88. The predicted molar refractivity (Wildman–Crippen MR) is 83.3 cm³/mol. The summed E-state index contributed by atoms with van der Waals surface area (Å²) in [5.74, 6) is -5.17. The van der Waals surface area contributed by atoms with Crippen LogP contribution >= 0.6 is 0 Å². The fourth-order valence-electron chi connectivity index (χ4n) is 2.64. The lowest BCUT2D eigenvalue weighted by Gasteiger charge is -2.20. The van der Waals surface area contributed by atoms with Gasteiger partial charge in [-0.2, -0.15) is 21.6 Å². The number of hydrogen-bond acceptors (Lipinski definition) is 6. The zero-order chi connectivity index (χ0) is 20.6. The molecule has 0 aromatic heterocycles. The second-order valence-electron chi connectivity index (χ2n) is 5.39. The first-order valence-corrected chi connectivity index (χ1v) is 8.69. The minimum Gasteiger partial charge on any atom is -0.541 e. The molecule has 11 heteroatoms. The van der Waals surface area contributed by atoms with E-state index in [4.69, 9.17) is 0 Å². The van der Waals surface area contributed by atoms with E-state index in [1.165, 1.54) is 18.2 Å². The van der Waals surface area contributed by atoms with Gasteiger partial charge in [0.25, 0.3) is 0 Å². The van der Waals surface area contributed by atoms with Crippen molar-refractivity contribution >= 4 is 32.6 Å². The number of carboxylic acids is 1. The van der Waals surface area contributed by atoms with E-state index in [9.17, 15) is 40.7 Å². The van der Waals surface area contributed by atoms with Gasteiger partial charge in [-0.3, -0.25) is 9.18 Å². The summed E-state index contributed by atoms with van der Waals surface area (Å²) in [5.41, 5.74) is -6.84. The number of aliphatic carboxylic acids is 1. The van der Waals surface area contributed by atoms with Crippen molar-refractivity contribution in [2.75, 3.05) is 6.67 Å². The molecule has 6 nitrogen and oxygen atoms in total. The third-order valence-electron chi connectivity index (χ3n) is 3.79. The Morgan fingerprint density at radius 3 is 2.19 bits per heavy atom. The lowest BCUT2D eigenvalue weighted by molar-refractivity contribution is -0.296. The number of hydrogen-bond donors (Lipinski definition) is 0. The molecule has 2 rings (SSSR count). The molecule has 0 aliphatic carbocycles. The zero-order valence-corrected chi connectivity index (χ0v) is 14.4. The Bertz CT molecular complexity index is 1030. The molecule has 0 radical (unpaired) electrons. The fourth-order valence-corrected chi connectivity index (χ4v) is 3.12. The van der Waals surface area contributed by atoms with Gasteiger partial charge in [-0.1, -0.05) is 24.3 Å². The van der Waals surface area contributed by atoms with Crippen LogP contribution in [0.25, 0.3) is 10.8 Å².